The molecule has 3 rings (SSSR count). The number of ether oxygens (including phenoxy) is 3. The average molecular weight is 576 g/mol. The van der Waals surface area contributed by atoms with E-state index in [9.17, 15) is 0 Å². The van der Waals surface area contributed by atoms with Crippen molar-refractivity contribution in [2.75, 3.05) is 47.5 Å². The first-order chi connectivity index (χ1) is 20.4. The molecule has 0 bridgehead atoms. The standard InChI is InChI=1S/C29H38BO3.C8H20N/c1-5-6-7-8-9-10-23-30(24-11-17-27(31-2)18-12-24,25-13-19-28(32-3)20-14-25)26-15-21-29(33-4)22-16-26;1-5-9(6-2,7-3)8-4/h11-22H,5-10,23H2,1-4H3;5-8H2,1-4H3/q-1;+1. The molecule has 3 aromatic carbocycles. The number of hydrogen-bond donors (Lipinski definition) is 0. The molecule has 5 heteroatoms. The molecule has 0 aromatic heterocycles. The van der Waals surface area contributed by atoms with E-state index in [1.165, 1.54) is 85.6 Å². The quantitative estimate of drug-likeness (QED) is 0.0952. The lowest BCUT2D eigenvalue weighted by atomic mass is 9.14. The predicted molar refractivity (Wildman–Crippen MR) is 184 cm³/mol. The summed E-state index contributed by atoms with van der Waals surface area (Å²) in [5, 5.41) is 0. The van der Waals surface area contributed by atoms with Crippen molar-refractivity contribution in [3.63, 3.8) is 0 Å². The van der Waals surface area contributed by atoms with Crippen molar-refractivity contribution in [3.05, 3.63) is 72.8 Å². The molecule has 0 atom stereocenters. The van der Waals surface area contributed by atoms with Gasteiger partial charge in [-0.25, -0.2) is 0 Å². The van der Waals surface area contributed by atoms with Gasteiger partial charge in [0.05, 0.1) is 53.7 Å². The summed E-state index contributed by atoms with van der Waals surface area (Å²) >= 11 is 0. The molecule has 0 aliphatic rings. The summed E-state index contributed by atoms with van der Waals surface area (Å²) in [5.41, 5.74) is 4.00. The first-order valence-corrected chi connectivity index (χ1v) is 16.4. The van der Waals surface area contributed by atoms with Crippen LogP contribution >= 0.6 is 0 Å². The third kappa shape index (κ3) is 9.29. The number of rotatable bonds is 17. The zero-order chi connectivity index (χ0) is 30.8. The summed E-state index contributed by atoms with van der Waals surface area (Å²) in [7, 11) is 5.16. The fourth-order valence-electron chi connectivity index (χ4n) is 6.45. The van der Waals surface area contributed by atoms with E-state index in [1.807, 2.05) is 0 Å². The Bertz CT molecular complexity index is 976. The van der Waals surface area contributed by atoms with Crippen LogP contribution in [-0.4, -0.2) is 58.1 Å². The number of quaternary nitrogens is 1. The van der Waals surface area contributed by atoms with Crippen molar-refractivity contribution in [1.29, 1.82) is 0 Å². The molecule has 0 spiro atoms. The maximum absolute atomic E-state index is 5.46. The number of benzene rings is 3. The fourth-order valence-corrected chi connectivity index (χ4v) is 6.45. The fraction of sp³-hybridized carbons (Fsp3) is 0.514. The Labute approximate surface area is 257 Å². The average Bonchev–Trinajstić information content (AvgIpc) is 3.06. The highest BCUT2D eigenvalue weighted by Gasteiger charge is 2.29. The number of unbranched alkanes of at least 4 members (excludes halogenated alkanes) is 5. The van der Waals surface area contributed by atoms with Crippen molar-refractivity contribution in [2.45, 2.75) is 79.5 Å². The van der Waals surface area contributed by atoms with Gasteiger partial charge in [0.1, 0.15) is 17.2 Å². The molecule has 0 saturated carbocycles. The Morgan fingerprint density at radius 3 is 1.02 bits per heavy atom. The maximum Gasteiger partial charge on any atom is 0.118 e. The van der Waals surface area contributed by atoms with Gasteiger partial charge < -0.3 is 18.7 Å². The van der Waals surface area contributed by atoms with Gasteiger partial charge in [-0.15, -0.1) is 0 Å². The van der Waals surface area contributed by atoms with Gasteiger partial charge in [0.25, 0.3) is 0 Å². The minimum atomic E-state index is -1.17. The van der Waals surface area contributed by atoms with Crippen molar-refractivity contribution in [3.8, 4) is 17.2 Å². The van der Waals surface area contributed by atoms with Gasteiger partial charge in [-0.3, -0.25) is 0 Å². The van der Waals surface area contributed by atoms with Gasteiger partial charge in [0.15, 0.2) is 0 Å². The SMILES string of the molecule is CCCCCCCC[B-](c1ccc(OC)cc1)(c1ccc(OC)cc1)c1ccc(OC)cc1.CC[N+](CC)(CC)CC. The Hall–Kier alpha value is -2.92. The zero-order valence-electron chi connectivity index (χ0n) is 28.0. The molecule has 0 radical (unpaired) electrons. The Morgan fingerprint density at radius 1 is 0.452 bits per heavy atom. The lowest BCUT2D eigenvalue weighted by Gasteiger charge is -2.43. The van der Waals surface area contributed by atoms with Gasteiger partial charge in [-0.2, -0.15) is 22.7 Å². The molecule has 3 aromatic rings. The van der Waals surface area contributed by atoms with E-state index in [1.54, 1.807) is 21.3 Å². The maximum atomic E-state index is 5.46. The monoisotopic (exact) mass is 575 g/mol. The van der Waals surface area contributed by atoms with Crippen LogP contribution in [-0.2, 0) is 0 Å². The second-order valence-corrected chi connectivity index (χ2v) is 11.5. The molecule has 0 amide bonds. The lowest BCUT2D eigenvalue weighted by Crippen LogP contribution is -2.66. The molecule has 0 heterocycles. The van der Waals surface area contributed by atoms with Crippen LogP contribution in [0.1, 0.15) is 73.1 Å². The Morgan fingerprint density at radius 2 is 0.762 bits per heavy atom. The first kappa shape index (κ1) is 35.3. The van der Waals surface area contributed by atoms with Gasteiger partial charge >= 0.3 is 0 Å². The molecule has 232 valence electrons. The largest absolute Gasteiger partial charge is 0.497 e. The number of hydrogen-bond acceptors (Lipinski definition) is 3. The van der Waals surface area contributed by atoms with Crippen molar-refractivity contribution >= 4 is 22.5 Å². The molecule has 4 nitrogen and oxygen atoms in total. The van der Waals surface area contributed by atoms with Crippen LogP contribution in [0.3, 0.4) is 0 Å². The summed E-state index contributed by atoms with van der Waals surface area (Å²) in [6.45, 7) is 16.5. The van der Waals surface area contributed by atoms with Gasteiger partial charge in [-0.05, 0) is 64.1 Å². The molecular formula is C37H58BNO3. The molecule has 0 aliphatic heterocycles. The van der Waals surface area contributed by atoms with Crippen LogP contribution in [0.2, 0.25) is 6.32 Å². The highest BCUT2D eigenvalue weighted by atomic mass is 16.5. The highest BCUT2D eigenvalue weighted by molar-refractivity contribution is 7.11. The van der Waals surface area contributed by atoms with Crippen LogP contribution < -0.4 is 30.6 Å². The molecule has 0 unspecified atom stereocenters. The van der Waals surface area contributed by atoms with Crippen LogP contribution in [0.4, 0.5) is 0 Å². The molecular weight excluding hydrogens is 517 g/mol. The second-order valence-electron chi connectivity index (χ2n) is 11.5. The minimum Gasteiger partial charge on any atom is -0.497 e. The van der Waals surface area contributed by atoms with E-state index in [2.05, 4.69) is 107 Å². The van der Waals surface area contributed by atoms with Crippen LogP contribution in [0.5, 0.6) is 17.2 Å². The van der Waals surface area contributed by atoms with E-state index in [4.69, 9.17) is 14.2 Å². The summed E-state index contributed by atoms with van der Waals surface area (Å²) in [5.74, 6) is 2.65. The summed E-state index contributed by atoms with van der Waals surface area (Å²) in [6.07, 6.45) is 7.59. The Kier molecular flexibility index (Phi) is 15.6. The third-order valence-electron chi connectivity index (χ3n) is 9.73. The molecule has 42 heavy (non-hydrogen) atoms. The summed E-state index contributed by atoms with van der Waals surface area (Å²) in [4.78, 5) is 0. The van der Waals surface area contributed by atoms with Gasteiger partial charge in [-0.1, -0.05) is 81.8 Å². The molecule has 0 fully saturated rings. The van der Waals surface area contributed by atoms with Gasteiger partial charge in [0, 0.05) is 0 Å². The highest BCUT2D eigenvalue weighted by Crippen LogP contribution is 2.22. The smallest absolute Gasteiger partial charge is 0.118 e. The van der Waals surface area contributed by atoms with Crippen LogP contribution in [0.15, 0.2) is 72.8 Å². The lowest BCUT2D eigenvalue weighted by molar-refractivity contribution is -0.921. The van der Waals surface area contributed by atoms with E-state index in [0.29, 0.717) is 0 Å². The predicted octanol–water partition coefficient (Wildman–Crippen LogP) is 7.43. The van der Waals surface area contributed by atoms with E-state index in [-0.39, 0.29) is 0 Å². The minimum absolute atomic E-state index is 0.882. The van der Waals surface area contributed by atoms with Gasteiger partial charge in [0.2, 0.25) is 0 Å². The topological polar surface area (TPSA) is 27.7 Å². The van der Waals surface area contributed by atoms with Crippen LogP contribution in [0.25, 0.3) is 0 Å². The van der Waals surface area contributed by atoms with E-state index in [0.717, 1.165) is 23.6 Å². The second kappa shape index (κ2) is 18.6. The normalized spacial score (nSPS) is 11.4. The van der Waals surface area contributed by atoms with Crippen LogP contribution in [0, 0.1) is 0 Å². The Balaban J connectivity index is 0.000000592. The van der Waals surface area contributed by atoms with Crippen molar-refractivity contribution in [2.24, 2.45) is 0 Å². The van der Waals surface area contributed by atoms with Crippen molar-refractivity contribution in [1.82, 2.24) is 0 Å². The zero-order valence-corrected chi connectivity index (χ0v) is 28.0. The number of methoxy groups -OCH3 is 3. The summed E-state index contributed by atoms with van der Waals surface area (Å²) < 4.78 is 17.7. The molecule has 0 saturated heterocycles. The van der Waals surface area contributed by atoms with E-state index < -0.39 is 6.15 Å². The first-order valence-electron chi connectivity index (χ1n) is 16.4. The van der Waals surface area contributed by atoms with Crippen molar-refractivity contribution < 1.29 is 18.7 Å². The molecule has 0 N–H and O–H groups in total. The van der Waals surface area contributed by atoms with E-state index >= 15 is 0 Å². The third-order valence-corrected chi connectivity index (χ3v) is 9.73. The molecule has 0 aliphatic carbocycles. The number of nitrogens with zero attached hydrogens (tertiary/aromatic N) is 1. The summed E-state index contributed by atoms with van der Waals surface area (Å²) in [6, 6.07) is 25.9.